The number of hydrogen-bond donors (Lipinski definition) is 1. The number of ether oxygens (including phenoxy) is 1. The van der Waals surface area contributed by atoms with Crippen LogP contribution in [0.1, 0.15) is 36.2 Å². The van der Waals surface area contributed by atoms with Gasteiger partial charge in [-0.15, -0.1) is 0 Å². The summed E-state index contributed by atoms with van der Waals surface area (Å²) in [5.74, 6) is -0.385. The molecule has 0 heterocycles. The van der Waals surface area contributed by atoms with Crippen molar-refractivity contribution in [2.75, 3.05) is 7.11 Å². The molecule has 1 rings (SSSR count). The lowest BCUT2D eigenvalue weighted by atomic mass is 9.92. The van der Waals surface area contributed by atoms with Crippen molar-refractivity contribution in [2.45, 2.75) is 25.9 Å². The molecule has 0 saturated heterocycles. The predicted molar refractivity (Wildman–Crippen MR) is 57.6 cm³/mol. The summed E-state index contributed by atoms with van der Waals surface area (Å²) >= 11 is 0. The maximum atomic E-state index is 11.3. The molecule has 0 aliphatic carbocycles. The molecule has 0 aliphatic heterocycles. The molecule has 1 unspecified atom stereocenters. The molecule has 1 aromatic rings. The fourth-order valence-electron chi connectivity index (χ4n) is 1.30. The lowest BCUT2D eigenvalue weighted by Crippen LogP contribution is -2.20. The van der Waals surface area contributed by atoms with E-state index in [4.69, 9.17) is 0 Å². The Kier molecular flexibility index (Phi) is 3.48. The molecule has 3 heteroatoms. The number of carbonyl (C=O) groups excluding carboxylic acids is 1. The van der Waals surface area contributed by atoms with E-state index in [-0.39, 0.29) is 5.97 Å². The van der Waals surface area contributed by atoms with Crippen LogP contribution in [0.5, 0.6) is 0 Å². The first kappa shape index (κ1) is 11.7. The standard InChI is InChI=1S/C12H16O3/c1-4-12(2,14)10-7-5-6-9(8-10)11(13)15-3/h5-8,14H,4H2,1-3H3. The molecule has 15 heavy (non-hydrogen) atoms. The van der Waals surface area contributed by atoms with Gasteiger partial charge in [-0.2, -0.15) is 0 Å². The third kappa shape index (κ3) is 2.57. The van der Waals surface area contributed by atoms with Crippen LogP contribution in [0.4, 0.5) is 0 Å². The number of methoxy groups -OCH3 is 1. The lowest BCUT2D eigenvalue weighted by molar-refractivity contribution is 0.0525. The van der Waals surface area contributed by atoms with Gasteiger partial charge in [-0.3, -0.25) is 0 Å². The molecule has 1 atom stereocenters. The Morgan fingerprint density at radius 1 is 1.53 bits per heavy atom. The molecule has 3 nitrogen and oxygen atoms in total. The summed E-state index contributed by atoms with van der Waals surface area (Å²) < 4.78 is 4.62. The first-order chi connectivity index (χ1) is 7.01. The second-order valence-corrected chi connectivity index (χ2v) is 3.70. The SMILES string of the molecule is CCC(C)(O)c1cccc(C(=O)OC)c1. The van der Waals surface area contributed by atoms with Crippen molar-refractivity contribution in [3.63, 3.8) is 0 Å². The van der Waals surface area contributed by atoms with Crippen molar-refractivity contribution in [3.05, 3.63) is 35.4 Å². The molecule has 0 aromatic heterocycles. The molecule has 0 saturated carbocycles. The Bertz CT molecular complexity index is 356. The summed E-state index contributed by atoms with van der Waals surface area (Å²) in [6.45, 7) is 3.62. The van der Waals surface area contributed by atoms with Crippen LogP contribution in [0, 0.1) is 0 Å². The first-order valence-corrected chi connectivity index (χ1v) is 4.92. The van der Waals surface area contributed by atoms with Gasteiger partial charge in [-0.1, -0.05) is 19.1 Å². The zero-order valence-corrected chi connectivity index (χ0v) is 9.28. The molecule has 82 valence electrons. The number of esters is 1. The van der Waals surface area contributed by atoms with E-state index in [2.05, 4.69) is 4.74 Å². The Morgan fingerprint density at radius 2 is 2.20 bits per heavy atom. The minimum absolute atomic E-state index is 0.385. The summed E-state index contributed by atoms with van der Waals surface area (Å²) in [6, 6.07) is 6.87. The topological polar surface area (TPSA) is 46.5 Å². The van der Waals surface area contributed by atoms with E-state index in [9.17, 15) is 9.90 Å². The Labute approximate surface area is 89.7 Å². The van der Waals surface area contributed by atoms with E-state index in [1.54, 1.807) is 31.2 Å². The number of carbonyl (C=O) groups is 1. The molecular formula is C12H16O3. The summed E-state index contributed by atoms with van der Waals surface area (Å²) in [5.41, 5.74) is 0.293. The molecule has 0 amide bonds. The number of aliphatic hydroxyl groups is 1. The van der Waals surface area contributed by atoms with Gasteiger partial charge in [0.15, 0.2) is 0 Å². The molecule has 0 fully saturated rings. The lowest BCUT2D eigenvalue weighted by Gasteiger charge is -2.22. The molecule has 1 N–H and O–H groups in total. The van der Waals surface area contributed by atoms with Crippen LogP contribution in [0.2, 0.25) is 0 Å². The average Bonchev–Trinajstić information content (AvgIpc) is 2.28. The van der Waals surface area contributed by atoms with Crippen molar-refractivity contribution in [1.82, 2.24) is 0 Å². The van der Waals surface area contributed by atoms with Crippen LogP contribution in [0.3, 0.4) is 0 Å². The second kappa shape index (κ2) is 4.45. The molecule has 0 aliphatic rings. The van der Waals surface area contributed by atoms with E-state index in [1.165, 1.54) is 7.11 Å². The van der Waals surface area contributed by atoms with Gasteiger partial charge >= 0.3 is 5.97 Å². The molecular weight excluding hydrogens is 192 g/mol. The van der Waals surface area contributed by atoms with Crippen molar-refractivity contribution in [1.29, 1.82) is 0 Å². The minimum Gasteiger partial charge on any atom is -0.465 e. The van der Waals surface area contributed by atoms with Gasteiger partial charge in [0.05, 0.1) is 18.3 Å². The summed E-state index contributed by atoms with van der Waals surface area (Å²) in [7, 11) is 1.34. The van der Waals surface area contributed by atoms with Crippen LogP contribution in [0.25, 0.3) is 0 Å². The highest BCUT2D eigenvalue weighted by atomic mass is 16.5. The Hall–Kier alpha value is -1.35. The van der Waals surface area contributed by atoms with Crippen molar-refractivity contribution < 1.29 is 14.6 Å². The van der Waals surface area contributed by atoms with E-state index in [0.717, 1.165) is 5.56 Å². The highest BCUT2D eigenvalue weighted by Gasteiger charge is 2.21. The van der Waals surface area contributed by atoms with Gasteiger partial charge in [-0.05, 0) is 31.0 Å². The molecule has 1 aromatic carbocycles. The van der Waals surface area contributed by atoms with E-state index < -0.39 is 5.60 Å². The van der Waals surface area contributed by atoms with Crippen LogP contribution in [-0.4, -0.2) is 18.2 Å². The normalized spacial score (nSPS) is 14.4. The third-order valence-electron chi connectivity index (χ3n) is 2.59. The van der Waals surface area contributed by atoms with E-state index in [0.29, 0.717) is 12.0 Å². The maximum absolute atomic E-state index is 11.3. The summed E-state index contributed by atoms with van der Waals surface area (Å²) in [5, 5.41) is 10.0. The van der Waals surface area contributed by atoms with Gasteiger partial charge in [0, 0.05) is 0 Å². The molecule has 0 bridgehead atoms. The van der Waals surface area contributed by atoms with Gasteiger partial charge in [0.1, 0.15) is 0 Å². The van der Waals surface area contributed by atoms with E-state index >= 15 is 0 Å². The largest absolute Gasteiger partial charge is 0.465 e. The van der Waals surface area contributed by atoms with Crippen molar-refractivity contribution in [3.8, 4) is 0 Å². The predicted octanol–water partition coefficient (Wildman–Crippen LogP) is 2.09. The third-order valence-corrected chi connectivity index (χ3v) is 2.59. The van der Waals surface area contributed by atoms with Gasteiger partial charge < -0.3 is 9.84 Å². The minimum atomic E-state index is -0.899. The number of benzene rings is 1. The maximum Gasteiger partial charge on any atom is 0.337 e. The number of rotatable bonds is 3. The fraction of sp³-hybridized carbons (Fsp3) is 0.417. The summed E-state index contributed by atoms with van der Waals surface area (Å²) in [6.07, 6.45) is 0.595. The smallest absolute Gasteiger partial charge is 0.337 e. The Morgan fingerprint density at radius 3 is 2.73 bits per heavy atom. The summed E-state index contributed by atoms with van der Waals surface area (Å²) in [4.78, 5) is 11.3. The molecule has 0 spiro atoms. The van der Waals surface area contributed by atoms with Crippen LogP contribution >= 0.6 is 0 Å². The van der Waals surface area contributed by atoms with Crippen LogP contribution in [-0.2, 0) is 10.3 Å². The van der Waals surface area contributed by atoms with Crippen LogP contribution in [0.15, 0.2) is 24.3 Å². The van der Waals surface area contributed by atoms with Crippen molar-refractivity contribution in [2.24, 2.45) is 0 Å². The van der Waals surface area contributed by atoms with Gasteiger partial charge in [0.2, 0.25) is 0 Å². The number of hydrogen-bond acceptors (Lipinski definition) is 3. The van der Waals surface area contributed by atoms with E-state index in [1.807, 2.05) is 6.92 Å². The zero-order valence-electron chi connectivity index (χ0n) is 9.28. The average molecular weight is 208 g/mol. The van der Waals surface area contributed by atoms with Gasteiger partial charge in [-0.25, -0.2) is 4.79 Å². The highest BCUT2D eigenvalue weighted by Crippen LogP contribution is 2.24. The molecule has 0 radical (unpaired) electrons. The quantitative estimate of drug-likeness (QED) is 0.774. The highest BCUT2D eigenvalue weighted by molar-refractivity contribution is 5.89. The zero-order chi connectivity index (χ0) is 11.5. The Balaban J connectivity index is 3.08. The fourth-order valence-corrected chi connectivity index (χ4v) is 1.30. The first-order valence-electron chi connectivity index (χ1n) is 4.92. The van der Waals surface area contributed by atoms with Gasteiger partial charge in [0.25, 0.3) is 0 Å². The van der Waals surface area contributed by atoms with Crippen molar-refractivity contribution >= 4 is 5.97 Å². The second-order valence-electron chi connectivity index (χ2n) is 3.70. The monoisotopic (exact) mass is 208 g/mol. The van der Waals surface area contributed by atoms with Crippen LogP contribution < -0.4 is 0 Å².